The molecule has 1 aliphatic rings. The Balaban J connectivity index is 1.56. The summed E-state index contributed by atoms with van der Waals surface area (Å²) in [6, 6.07) is 6.13. The molecule has 1 aromatic carbocycles. The van der Waals surface area contributed by atoms with Crippen molar-refractivity contribution < 1.29 is 14.3 Å². The number of H-pyrrole nitrogens is 1. The van der Waals surface area contributed by atoms with E-state index >= 15 is 0 Å². The second kappa shape index (κ2) is 7.83. The zero-order valence-electron chi connectivity index (χ0n) is 14.7. The lowest BCUT2D eigenvalue weighted by molar-refractivity contribution is -0.139. The molecule has 3 N–H and O–H groups in total. The number of carbonyl (C=O) groups excluding carboxylic acids is 2. The molecular weight excluding hydrogens is 370 g/mol. The molecule has 1 heterocycles. The standard InChI is InChI=1S/C18H19N3O5S/c1-21-16(19)15(17(24)20-18(21)25)13(22)8-26-14(23)9-27-12-6-5-10-3-2-4-11(10)7-12/h5-7H,2-4,8-9,19H2,1H3,(H,20,24,25). The van der Waals surface area contributed by atoms with E-state index in [2.05, 4.69) is 12.1 Å². The first-order chi connectivity index (χ1) is 12.9. The summed E-state index contributed by atoms with van der Waals surface area (Å²) in [7, 11) is 1.32. The molecular formula is C18H19N3O5S. The number of thioether (sulfide) groups is 1. The Labute approximate surface area is 158 Å². The topological polar surface area (TPSA) is 124 Å². The predicted molar refractivity (Wildman–Crippen MR) is 101 cm³/mol. The number of benzene rings is 1. The van der Waals surface area contributed by atoms with E-state index in [4.69, 9.17) is 10.5 Å². The van der Waals surface area contributed by atoms with Crippen molar-refractivity contribution in [1.82, 2.24) is 9.55 Å². The van der Waals surface area contributed by atoms with E-state index in [1.54, 1.807) is 0 Å². The Bertz CT molecular complexity index is 1020. The Morgan fingerprint density at radius 1 is 1.26 bits per heavy atom. The van der Waals surface area contributed by atoms with Crippen LogP contribution in [0.1, 0.15) is 27.9 Å². The van der Waals surface area contributed by atoms with Gasteiger partial charge in [0, 0.05) is 11.9 Å². The number of carbonyl (C=O) groups is 2. The van der Waals surface area contributed by atoms with Gasteiger partial charge < -0.3 is 10.5 Å². The van der Waals surface area contributed by atoms with Crippen LogP contribution in [0, 0.1) is 0 Å². The van der Waals surface area contributed by atoms with Crippen molar-refractivity contribution in [3.8, 4) is 0 Å². The van der Waals surface area contributed by atoms with Crippen LogP contribution >= 0.6 is 11.8 Å². The van der Waals surface area contributed by atoms with E-state index in [0.29, 0.717) is 0 Å². The van der Waals surface area contributed by atoms with Gasteiger partial charge in [-0.15, -0.1) is 11.8 Å². The molecule has 1 aliphatic carbocycles. The number of nitrogens with zero attached hydrogens (tertiary/aromatic N) is 1. The third kappa shape index (κ3) is 4.13. The first-order valence-corrected chi connectivity index (χ1v) is 9.37. The minimum absolute atomic E-state index is 0.0468. The van der Waals surface area contributed by atoms with Crippen molar-refractivity contribution >= 4 is 29.3 Å². The SMILES string of the molecule is Cn1c(N)c(C(=O)COC(=O)CSc2ccc3c(c2)CCC3)c(=O)[nH]c1=O. The number of aryl methyl sites for hydroxylation is 2. The zero-order valence-corrected chi connectivity index (χ0v) is 15.6. The van der Waals surface area contributed by atoms with E-state index in [1.165, 1.54) is 29.9 Å². The molecule has 0 aliphatic heterocycles. The lowest BCUT2D eigenvalue weighted by Gasteiger charge is -2.08. The quantitative estimate of drug-likeness (QED) is 0.422. The second-order valence-corrected chi connectivity index (χ2v) is 7.28. The number of hydrogen-bond acceptors (Lipinski definition) is 7. The van der Waals surface area contributed by atoms with Crippen LogP contribution < -0.4 is 17.0 Å². The number of esters is 1. The van der Waals surface area contributed by atoms with Crippen molar-refractivity contribution in [2.45, 2.75) is 24.2 Å². The van der Waals surface area contributed by atoms with E-state index < -0.39 is 35.2 Å². The number of ether oxygens (including phenoxy) is 1. The van der Waals surface area contributed by atoms with Crippen molar-refractivity contribution in [3.63, 3.8) is 0 Å². The number of nitrogens with one attached hydrogen (secondary N) is 1. The van der Waals surface area contributed by atoms with Gasteiger partial charge in [-0.2, -0.15) is 0 Å². The summed E-state index contributed by atoms with van der Waals surface area (Å²) in [4.78, 5) is 50.2. The number of anilines is 1. The van der Waals surface area contributed by atoms with Crippen molar-refractivity contribution in [3.05, 3.63) is 55.7 Å². The van der Waals surface area contributed by atoms with Crippen LogP contribution in [0.2, 0.25) is 0 Å². The predicted octanol–water partition coefficient (Wildman–Crippen LogP) is 0.663. The Kier molecular flexibility index (Phi) is 5.50. The summed E-state index contributed by atoms with van der Waals surface area (Å²) in [5.41, 5.74) is 6.30. The summed E-state index contributed by atoms with van der Waals surface area (Å²) < 4.78 is 5.89. The monoisotopic (exact) mass is 389 g/mol. The van der Waals surface area contributed by atoms with Crippen molar-refractivity contribution in [2.75, 3.05) is 18.1 Å². The van der Waals surface area contributed by atoms with Gasteiger partial charge in [-0.3, -0.25) is 23.9 Å². The highest BCUT2D eigenvalue weighted by Crippen LogP contribution is 2.27. The summed E-state index contributed by atoms with van der Waals surface area (Å²) in [5, 5.41) is 0. The van der Waals surface area contributed by atoms with Crippen LogP contribution in [0.15, 0.2) is 32.7 Å². The number of aromatic amines is 1. The summed E-state index contributed by atoms with van der Waals surface area (Å²) in [6.07, 6.45) is 3.30. The number of rotatable bonds is 6. The van der Waals surface area contributed by atoms with Gasteiger partial charge in [0.25, 0.3) is 5.56 Å². The fourth-order valence-electron chi connectivity index (χ4n) is 2.95. The Morgan fingerprint density at radius 2 is 2.00 bits per heavy atom. The third-order valence-electron chi connectivity index (χ3n) is 4.44. The molecule has 0 amide bonds. The first-order valence-electron chi connectivity index (χ1n) is 8.39. The van der Waals surface area contributed by atoms with Gasteiger partial charge >= 0.3 is 11.7 Å². The highest BCUT2D eigenvalue weighted by Gasteiger charge is 2.19. The molecule has 0 radical (unpaired) electrons. The van der Waals surface area contributed by atoms with Crippen LogP contribution in [0.5, 0.6) is 0 Å². The molecule has 8 nitrogen and oxygen atoms in total. The number of aromatic nitrogens is 2. The summed E-state index contributed by atoms with van der Waals surface area (Å²) in [5.74, 6) is -1.56. The van der Waals surface area contributed by atoms with Crippen molar-refractivity contribution in [1.29, 1.82) is 0 Å². The molecule has 0 fully saturated rings. The van der Waals surface area contributed by atoms with E-state index in [9.17, 15) is 19.2 Å². The van der Waals surface area contributed by atoms with Gasteiger partial charge in [0.15, 0.2) is 6.61 Å². The first kappa shape index (κ1) is 19.0. The Morgan fingerprint density at radius 3 is 2.78 bits per heavy atom. The maximum atomic E-state index is 12.2. The lowest BCUT2D eigenvalue weighted by Crippen LogP contribution is -2.35. The summed E-state index contributed by atoms with van der Waals surface area (Å²) in [6.45, 7) is -0.616. The van der Waals surface area contributed by atoms with Gasteiger partial charge in [-0.05, 0) is 42.5 Å². The molecule has 27 heavy (non-hydrogen) atoms. The molecule has 0 saturated carbocycles. The van der Waals surface area contributed by atoms with Gasteiger partial charge in [-0.25, -0.2) is 4.79 Å². The summed E-state index contributed by atoms with van der Waals surface area (Å²) >= 11 is 1.33. The van der Waals surface area contributed by atoms with Gasteiger partial charge in [0.1, 0.15) is 11.4 Å². The molecule has 0 unspecified atom stereocenters. The number of fused-ring (bicyclic) bond motifs is 1. The average Bonchev–Trinajstić information content (AvgIpc) is 3.10. The number of hydrogen-bond donors (Lipinski definition) is 2. The van der Waals surface area contributed by atoms with Gasteiger partial charge in [-0.1, -0.05) is 6.07 Å². The second-order valence-electron chi connectivity index (χ2n) is 6.24. The smallest absolute Gasteiger partial charge is 0.329 e. The zero-order chi connectivity index (χ0) is 19.6. The van der Waals surface area contributed by atoms with Gasteiger partial charge in [0.2, 0.25) is 5.78 Å². The number of nitrogen functional groups attached to an aromatic ring is 1. The Hall–Kier alpha value is -2.81. The highest BCUT2D eigenvalue weighted by atomic mass is 32.2. The molecule has 2 aromatic rings. The maximum absolute atomic E-state index is 12.2. The molecule has 0 saturated heterocycles. The molecule has 0 bridgehead atoms. The minimum Gasteiger partial charge on any atom is -0.457 e. The third-order valence-corrected chi connectivity index (χ3v) is 5.41. The van der Waals surface area contributed by atoms with Crippen LogP contribution in [-0.4, -0.2) is 33.7 Å². The van der Waals surface area contributed by atoms with Crippen LogP contribution in [0.3, 0.4) is 0 Å². The molecule has 0 spiro atoms. The number of Topliss-reactive ketones (excluding diaryl/α,β-unsaturated/α-hetero) is 1. The molecule has 142 valence electrons. The largest absolute Gasteiger partial charge is 0.457 e. The molecule has 3 rings (SSSR count). The highest BCUT2D eigenvalue weighted by molar-refractivity contribution is 8.00. The molecule has 9 heteroatoms. The minimum atomic E-state index is -0.899. The fraction of sp³-hybridized carbons (Fsp3) is 0.333. The molecule has 1 aromatic heterocycles. The average molecular weight is 389 g/mol. The molecule has 0 atom stereocenters. The van der Waals surface area contributed by atoms with Crippen molar-refractivity contribution in [2.24, 2.45) is 7.05 Å². The lowest BCUT2D eigenvalue weighted by atomic mass is 10.1. The van der Waals surface area contributed by atoms with E-state index in [0.717, 1.165) is 28.7 Å². The van der Waals surface area contributed by atoms with Crippen LogP contribution in [0.25, 0.3) is 0 Å². The number of nitrogens with two attached hydrogens (primary N) is 1. The number of ketones is 1. The normalized spacial score (nSPS) is 12.6. The van der Waals surface area contributed by atoms with E-state index in [1.807, 2.05) is 11.1 Å². The fourth-order valence-corrected chi connectivity index (χ4v) is 3.70. The van der Waals surface area contributed by atoms with Crippen LogP contribution in [-0.2, 0) is 29.4 Å². The van der Waals surface area contributed by atoms with Crippen LogP contribution in [0.4, 0.5) is 5.82 Å². The van der Waals surface area contributed by atoms with Gasteiger partial charge in [0.05, 0.1) is 5.75 Å². The van der Waals surface area contributed by atoms with E-state index in [-0.39, 0.29) is 11.6 Å². The maximum Gasteiger partial charge on any atom is 0.329 e.